The van der Waals surface area contributed by atoms with E-state index >= 15 is 0 Å². The zero-order valence-corrected chi connectivity index (χ0v) is 7.41. The topological polar surface area (TPSA) is 15.6 Å². The number of hydrogen-bond donors (Lipinski definition) is 0. The highest BCUT2D eigenvalue weighted by molar-refractivity contribution is 5.77. The van der Waals surface area contributed by atoms with E-state index in [0.717, 1.165) is 12.2 Å². The van der Waals surface area contributed by atoms with Crippen LogP contribution in [0.15, 0.2) is 40.2 Å². The van der Waals surface area contributed by atoms with Gasteiger partial charge in [0, 0.05) is 19.8 Å². The molecule has 0 aromatic carbocycles. The summed E-state index contributed by atoms with van der Waals surface area (Å²) in [5.74, 6) is 0. The minimum absolute atomic E-state index is 1.03. The number of rotatable bonds is 0. The highest BCUT2D eigenvalue weighted by Crippen LogP contribution is 2.23. The van der Waals surface area contributed by atoms with Crippen LogP contribution >= 0.6 is 0 Å². The van der Waals surface area contributed by atoms with Crippen molar-refractivity contribution in [3.05, 3.63) is 35.2 Å². The van der Waals surface area contributed by atoms with Crippen molar-refractivity contribution < 1.29 is 0 Å². The molecule has 62 valence electrons. The van der Waals surface area contributed by atoms with Crippen LogP contribution < -0.4 is 0 Å². The molecule has 2 nitrogen and oxygen atoms in total. The summed E-state index contributed by atoms with van der Waals surface area (Å²) >= 11 is 0. The van der Waals surface area contributed by atoms with Crippen molar-refractivity contribution in [1.29, 1.82) is 0 Å². The lowest BCUT2D eigenvalue weighted by Gasteiger charge is -2.13. The highest BCUT2D eigenvalue weighted by Gasteiger charge is 2.14. The molecule has 0 aliphatic carbocycles. The summed E-state index contributed by atoms with van der Waals surface area (Å²) in [4.78, 5) is 6.48. The van der Waals surface area contributed by atoms with Gasteiger partial charge < -0.3 is 4.90 Å². The van der Waals surface area contributed by atoms with Gasteiger partial charge in [-0.1, -0.05) is 5.57 Å². The van der Waals surface area contributed by atoms with Gasteiger partial charge in [0.05, 0.1) is 11.4 Å². The SMILES string of the molecule is CC1=CC(=C2C=CC=N2)N(C)C1. The molecule has 12 heavy (non-hydrogen) atoms. The summed E-state index contributed by atoms with van der Waals surface area (Å²) in [6, 6.07) is 0. The number of allylic oxidation sites excluding steroid dienone is 3. The Morgan fingerprint density at radius 1 is 1.50 bits per heavy atom. The van der Waals surface area contributed by atoms with E-state index in [2.05, 4.69) is 29.9 Å². The molecule has 0 bridgehead atoms. The third-order valence-corrected chi connectivity index (χ3v) is 2.10. The lowest BCUT2D eigenvalue weighted by atomic mass is 10.3. The molecular formula is C10H12N2. The maximum Gasteiger partial charge on any atom is 0.0863 e. The first-order chi connectivity index (χ1) is 5.77. The average molecular weight is 160 g/mol. The van der Waals surface area contributed by atoms with Gasteiger partial charge in [-0.25, -0.2) is 0 Å². The summed E-state index contributed by atoms with van der Waals surface area (Å²) in [7, 11) is 2.09. The molecule has 0 aromatic heterocycles. The minimum atomic E-state index is 1.03. The van der Waals surface area contributed by atoms with E-state index in [1.807, 2.05) is 18.4 Å². The Morgan fingerprint density at radius 3 is 2.83 bits per heavy atom. The average Bonchev–Trinajstić information content (AvgIpc) is 2.58. The van der Waals surface area contributed by atoms with Gasteiger partial charge >= 0.3 is 0 Å². The van der Waals surface area contributed by atoms with Crippen LogP contribution in [0.4, 0.5) is 0 Å². The van der Waals surface area contributed by atoms with Crippen LogP contribution in [0.3, 0.4) is 0 Å². The molecule has 2 heterocycles. The van der Waals surface area contributed by atoms with E-state index in [-0.39, 0.29) is 0 Å². The molecule has 2 rings (SSSR count). The van der Waals surface area contributed by atoms with Crippen molar-refractivity contribution in [3.63, 3.8) is 0 Å². The fourth-order valence-corrected chi connectivity index (χ4v) is 1.57. The van der Waals surface area contributed by atoms with Gasteiger partial charge in [-0.3, -0.25) is 4.99 Å². The van der Waals surface area contributed by atoms with E-state index in [1.165, 1.54) is 11.3 Å². The van der Waals surface area contributed by atoms with Crippen LogP contribution in [0.2, 0.25) is 0 Å². The first-order valence-electron chi connectivity index (χ1n) is 4.11. The van der Waals surface area contributed by atoms with Gasteiger partial charge in [0.2, 0.25) is 0 Å². The fourth-order valence-electron chi connectivity index (χ4n) is 1.57. The molecule has 0 saturated heterocycles. The lowest BCUT2D eigenvalue weighted by Crippen LogP contribution is -2.13. The molecule has 0 unspecified atom stereocenters. The molecule has 0 atom stereocenters. The largest absolute Gasteiger partial charge is 0.369 e. The van der Waals surface area contributed by atoms with Gasteiger partial charge in [0.25, 0.3) is 0 Å². The monoisotopic (exact) mass is 160 g/mol. The summed E-state index contributed by atoms with van der Waals surface area (Å²) < 4.78 is 0. The van der Waals surface area contributed by atoms with Crippen molar-refractivity contribution in [1.82, 2.24) is 4.90 Å². The first-order valence-corrected chi connectivity index (χ1v) is 4.11. The second kappa shape index (κ2) is 2.63. The zero-order valence-electron chi connectivity index (χ0n) is 7.41. The van der Waals surface area contributed by atoms with Crippen LogP contribution in [0.1, 0.15) is 6.92 Å². The predicted octanol–water partition coefficient (Wildman–Crippen LogP) is 1.73. The van der Waals surface area contributed by atoms with Crippen LogP contribution in [-0.4, -0.2) is 24.7 Å². The molecule has 0 fully saturated rings. The molecule has 0 spiro atoms. The number of aliphatic imine (C=N–C) groups is 1. The van der Waals surface area contributed by atoms with Crippen molar-refractivity contribution in [3.8, 4) is 0 Å². The van der Waals surface area contributed by atoms with Crippen LogP contribution in [0, 0.1) is 0 Å². The molecule has 0 amide bonds. The van der Waals surface area contributed by atoms with Gasteiger partial charge in [-0.2, -0.15) is 0 Å². The Bertz CT molecular complexity index is 305. The van der Waals surface area contributed by atoms with Crippen molar-refractivity contribution >= 4 is 6.21 Å². The van der Waals surface area contributed by atoms with Gasteiger partial charge in [-0.05, 0) is 25.2 Å². The normalized spacial score (nSPS) is 27.2. The van der Waals surface area contributed by atoms with E-state index < -0.39 is 0 Å². The molecular weight excluding hydrogens is 148 g/mol. The number of nitrogens with zero attached hydrogens (tertiary/aromatic N) is 2. The van der Waals surface area contributed by atoms with Crippen LogP contribution in [0.25, 0.3) is 0 Å². The summed E-state index contributed by atoms with van der Waals surface area (Å²) in [5, 5.41) is 0. The molecule has 0 saturated carbocycles. The first kappa shape index (κ1) is 7.35. The van der Waals surface area contributed by atoms with Crippen LogP contribution in [0.5, 0.6) is 0 Å². The van der Waals surface area contributed by atoms with E-state index in [0.29, 0.717) is 0 Å². The highest BCUT2D eigenvalue weighted by atomic mass is 15.1. The Hall–Kier alpha value is -1.31. The molecule has 0 radical (unpaired) electrons. The van der Waals surface area contributed by atoms with E-state index in [1.54, 1.807) is 0 Å². The molecule has 2 aliphatic heterocycles. The van der Waals surface area contributed by atoms with Gasteiger partial charge in [-0.15, -0.1) is 0 Å². The Labute approximate surface area is 72.6 Å². The predicted molar refractivity (Wildman–Crippen MR) is 51.0 cm³/mol. The fraction of sp³-hybridized carbons (Fsp3) is 0.300. The van der Waals surface area contributed by atoms with E-state index in [9.17, 15) is 0 Å². The van der Waals surface area contributed by atoms with Crippen molar-refractivity contribution in [2.45, 2.75) is 6.92 Å². The number of hydrogen-bond acceptors (Lipinski definition) is 2. The molecule has 2 heteroatoms. The second-order valence-electron chi connectivity index (χ2n) is 3.25. The summed E-state index contributed by atoms with van der Waals surface area (Å²) in [6.07, 6.45) is 8.04. The zero-order chi connectivity index (χ0) is 8.55. The quantitative estimate of drug-likeness (QED) is 0.527. The Morgan fingerprint density at radius 2 is 2.33 bits per heavy atom. The molecule has 0 aromatic rings. The smallest absolute Gasteiger partial charge is 0.0863 e. The van der Waals surface area contributed by atoms with Gasteiger partial charge in [0.15, 0.2) is 0 Å². The lowest BCUT2D eigenvalue weighted by molar-refractivity contribution is 0.488. The summed E-state index contributed by atoms with van der Waals surface area (Å²) in [5.41, 5.74) is 3.71. The third-order valence-electron chi connectivity index (χ3n) is 2.10. The Balaban J connectivity index is 2.40. The Kier molecular flexibility index (Phi) is 1.61. The maximum absolute atomic E-state index is 4.26. The molecule has 2 aliphatic rings. The second-order valence-corrected chi connectivity index (χ2v) is 3.25. The third kappa shape index (κ3) is 1.09. The molecule has 0 N–H and O–H groups in total. The van der Waals surface area contributed by atoms with E-state index in [4.69, 9.17) is 0 Å². The van der Waals surface area contributed by atoms with Gasteiger partial charge in [0.1, 0.15) is 0 Å². The van der Waals surface area contributed by atoms with Crippen LogP contribution in [-0.2, 0) is 0 Å². The van der Waals surface area contributed by atoms with Crippen molar-refractivity contribution in [2.24, 2.45) is 4.99 Å². The standard InChI is InChI=1S/C10H12N2/c1-8-6-10(12(2)7-8)9-4-3-5-11-9/h3-6H,7H2,1-2H3. The maximum atomic E-state index is 4.26. The number of likely N-dealkylation sites (N-methyl/N-ethyl adjacent to an activating group) is 1. The summed E-state index contributed by atoms with van der Waals surface area (Å²) in [6.45, 7) is 3.18. The minimum Gasteiger partial charge on any atom is -0.369 e. The van der Waals surface area contributed by atoms with Crippen molar-refractivity contribution in [2.75, 3.05) is 13.6 Å².